The Morgan fingerprint density at radius 3 is 1.98 bits per heavy atom. The van der Waals surface area contributed by atoms with Gasteiger partial charge in [-0.3, -0.25) is 4.57 Å². The first-order valence-corrected chi connectivity index (χ1v) is 20.7. The lowest BCUT2D eigenvalue weighted by Crippen LogP contribution is -2.09. The lowest BCUT2D eigenvalue weighted by molar-refractivity contribution is 1.10. The molecule has 3 aromatic heterocycles. The van der Waals surface area contributed by atoms with Crippen LogP contribution in [-0.2, 0) is 0 Å². The number of imidazole rings is 1. The van der Waals surface area contributed by atoms with Gasteiger partial charge in [-0.15, -0.1) is 11.3 Å². The standard InChI is InChI=1S/C54H34N4S/c1-3-15-37(16-4-1)57(40-31-33-50-46(34-40)42-20-9-12-25-49(42)59-50)39-29-26-36(27-30-39)52-44-32-28-35-14-7-8-19-41(35)51(44)43-21-13-22-45(53(43)56-52)54-55-47-23-10-11-24-48(47)58(54)38-17-5-2-6-18-38/h1-34H. The number of hydrogen-bond donors (Lipinski definition) is 0. The van der Waals surface area contributed by atoms with Crippen molar-refractivity contribution < 1.29 is 0 Å². The van der Waals surface area contributed by atoms with Gasteiger partial charge in [0.05, 0.1) is 22.2 Å². The molecule has 276 valence electrons. The summed E-state index contributed by atoms with van der Waals surface area (Å²) in [5, 5.41) is 8.38. The molecule has 0 fully saturated rings. The number of aromatic nitrogens is 3. The van der Waals surface area contributed by atoms with Gasteiger partial charge in [0.15, 0.2) is 0 Å². The van der Waals surface area contributed by atoms with Crippen molar-refractivity contribution in [1.82, 2.24) is 14.5 Å². The van der Waals surface area contributed by atoms with Crippen LogP contribution in [-0.4, -0.2) is 14.5 Å². The Morgan fingerprint density at radius 2 is 1.12 bits per heavy atom. The number of anilines is 3. The van der Waals surface area contributed by atoms with Crippen LogP contribution in [0.2, 0.25) is 0 Å². The first-order valence-electron chi connectivity index (χ1n) is 19.9. The number of nitrogens with zero attached hydrogens (tertiary/aromatic N) is 4. The lowest BCUT2D eigenvalue weighted by Gasteiger charge is -2.26. The van der Waals surface area contributed by atoms with E-state index in [0.717, 1.165) is 72.7 Å². The Morgan fingerprint density at radius 1 is 0.441 bits per heavy atom. The van der Waals surface area contributed by atoms with Gasteiger partial charge in [0.1, 0.15) is 5.82 Å². The second kappa shape index (κ2) is 13.5. The van der Waals surface area contributed by atoms with Gasteiger partial charge in [-0.1, -0.05) is 127 Å². The van der Waals surface area contributed by atoms with E-state index in [2.05, 4.69) is 216 Å². The van der Waals surface area contributed by atoms with Crippen molar-refractivity contribution in [3.63, 3.8) is 0 Å². The maximum absolute atomic E-state index is 5.64. The monoisotopic (exact) mass is 770 g/mol. The van der Waals surface area contributed by atoms with Crippen molar-refractivity contribution >= 4 is 92.1 Å². The number of rotatable bonds is 6. The van der Waals surface area contributed by atoms with Gasteiger partial charge in [-0.05, 0) is 89.6 Å². The molecule has 0 N–H and O–H groups in total. The molecule has 0 saturated heterocycles. The third-order valence-corrected chi connectivity index (χ3v) is 12.7. The molecule has 4 nitrogen and oxygen atoms in total. The smallest absolute Gasteiger partial charge is 0.147 e. The van der Waals surface area contributed by atoms with Gasteiger partial charge in [0, 0.05) is 70.2 Å². The number of benzene rings is 9. The van der Waals surface area contributed by atoms with E-state index >= 15 is 0 Å². The number of thiophene rings is 1. The highest BCUT2D eigenvalue weighted by molar-refractivity contribution is 7.25. The minimum absolute atomic E-state index is 0.866. The fraction of sp³-hybridized carbons (Fsp3) is 0. The van der Waals surface area contributed by atoms with Crippen molar-refractivity contribution in [2.75, 3.05) is 4.90 Å². The highest BCUT2D eigenvalue weighted by Gasteiger charge is 2.21. The summed E-state index contributed by atoms with van der Waals surface area (Å²) in [4.78, 5) is 13.3. The molecule has 0 bridgehead atoms. The third-order valence-electron chi connectivity index (χ3n) is 11.6. The summed E-state index contributed by atoms with van der Waals surface area (Å²) in [6.07, 6.45) is 0. The molecule has 0 aliphatic heterocycles. The van der Waals surface area contributed by atoms with Crippen molar-refractivity contribution in [1.29, 1.82) is 0 Å². The predicted molar refractivity (Wildman–Crippen MR) is 250 cm³/mol. The second-order valence-corrected chi connectivity index (χ2v) is 16.0. The van der Waals surface area contributed by atoms with Crippen molar-refractivity contribution in [3.8, 4) is 28.3 Å². The number of fused-ring (bicyclic) bond motifs is 9. The van der Waals surface area contributed by atoms with Crippen LogP contribution in [0.4, 0.5) is 17.1 Å². The lowest BCUT2D eigenvalue weighted by atomic mass is 9.94. The largest absolute Gasteiger partial charge is 0.310 e. The van der Waals surface area contributed by atoms with E-state index in [1.165, 1.54) is 36.3 Å². The molecular weight excluding hydrogens is 737 g/mol. The number of para-hydroxylation sites is 5. The molecule has 0 aliphatic carbocycles. The van der Waals surface area contributed by atoms with Crippen LogP contribution >= 0.6 is 11.3 Å². The van der Waals surface area contributed by atoms with Crippen LogP contribution in [0, 0.1) is 0 Å². The topological polar surface area (TPSA) is 34.0 Å². The van der Waals surface area contributed by atoms with Crippen molar-refractivity contribution in [2.24, 2.45) is 0 Å². The first-order chi connectivity index (χ1) is 29.3. The van der Waals surface area contributed by atoms with Crippen LogP contribution in [0.15, 0.2) is 206 Å². The van der Waals surface area contributed by atoms with Crippen molar-refractivity contribution in [3.05, 3.63) is 206 Å². The molecule has 12 aromatic rings. The SMILES string of the molecule is c1ccc(N(c2ccc(-c3nc4c(-c5nc6ccccc6n5-c5ccccc5)cccc4c4c3ccc3ccccc34)cc2)c2ccc3sc4ccccc4c3c2)cc1. The Bertz CT molecular complexity index is 3550. The molecule has 0 atom stereocenters. The summed E-state index contributed by atoms with van der Waals surface area (Å²) in [5.41, 5.74) is 10.3. The van der Waals surface area contributed by atoms with Crippen LogP contribution < -0.4 is 4.90 Å². The van der Waals surface area contributed by atoms with E-state index in [1.807, 2.05) is 11.3 Å². The van der Waals surface area contributed by atoms with Gasteiger partial charge in [-0.25, -0.2) is 9.97 Å². The summed E-state index contributed by atoms with van der Waals surface area (Å²) < 4.78 is 4.86. The molecule has 0 aliphatic rings. The van der Waals surface area contributed by atoms with Crippen LogP contribution in [0.3, 0.4) is 0 Å². The normalized spacial score (nSPS) is 11.7. The zero-order valence-electron chi connectivity index (χ0n) is 31.8. The van der Waals surface area contributed by atoms with E-state index in [0.29, 0.717) is 0 Å². The van der Waals surface area contributed by atoms with Crippen LogP contribution in [0.5, 0.6) is 0 Å². The Hall–Kier alpha value is -7.60. The number of hydrogen-bond acceptors (Lipinski definition) is 4. The minimum Gasteiger partial charge on any atom is -0.310 e. The summed E-state index contributed by atoms with van der Waals surface area (Å²) in [6, 6.07) is 73.7. The number of pyridine rings is 1. The maximum atomic E-state index is 5.64. The fourth-order valence-electron chi connectivity index (χ4n) is 8.89. The van der Waals surface area contributed by atoms with E-state index in [4.69, 9.17) is 9.97 Å². The minimum atomic E-state index is 0.866. The molecule has 9 aromatic carbocycles. The molecular formula is C54H34N4S. The van der Waals surface area contributed by atoms with E-state index in [9.17, 15) is 0 Å². The van der Waals surface area contributed by atoms with E-state index in [1.54, 1.807) is 0 Å². The molecule has 0 spiro atoms. The highest BCUT2D eigenvalue weighted by Crippen LogP contribution is 2.43. The molecule has 0 saturated carbocycles. The van der Waals surface area contributed by atoms with Crippen molar-refractivity contribution in [2.45, 2.75) is 0 Å². The Balaban J connectivity index is 1.07. The van der Waals surface area contributed by atoms with Gasteiger partial charge in [0.2, 0.25) is 0 Å². The molecule has 0 unspecified atom stereocenters. The van der Waals surface area contributed by atoms with Gasteiger partial charge in [-0.2, -0.15) is 0 Å². The summed E-state index contributed by atoms with van der Waals surface area (Å²) in [7, 11) is 0. The quantitative estimate of drug-likeness (QED) is 0.158. The molecule has 0 amide bonds. The van der Waals surface area contributed by atoms with E-state index in [-0.39, 0.29) is 0 Å². The molecule has 0 radical (unpaired) electrons. The van der Waals surface area contributed by atoms with Gasteiger partial charge >= 0.3 is 0 Å². The molecule has 5 heteroatoms. The Kier molecular flexibility index (Phi) is 7.68. The first kappa shape index (κ1) is 33.5. The van der Waals surface area contributed by atoms with Crippen LogP contribution in [0.25, 0.3) is 92.0 Å². The van der Waals surface area contributed by atoms with Gasteiger partial charge < -0.3 is 4.90 Å². The average molecular weight is 771 g/mol. The second-order valence-electron chi connectivity index (χ2n) is 15.0. The fourth-order valence-corrected chi connectivity index (χ4v) is 9.97. The Labute approximate surface area is 344 Å². The molecule has 59 heavy (non-hydrogen) atoms. The van der Waals surface area contributed by atoms with E-state index < -0.39 is 0 Å². The predicted octanol–water partition coefficient (Wildman–Crippen LogP) is 15.1. The van der Waals surface area contributed by atoms with Gasteiger partial charge in [0.25, 0.3) is 0 Å². The van der Waals surface area contributed by atoms with Crippen LogP contribution in [0.1, 0.15) is 0 Å². The highest BCUT2D eigenvalue weighted by atomic mass is 32.1. The molecule has 12 rings (SSSR count). The summed E-state index contributed by atoms with van der Waals surface area (Å²) in [6.45, 7) is 0. The summed E-state index contributed by atoms with van der Waals surface area (Å²) >= 11 is 1.84. The summed E-state index contributed by atoms with van der Waals surface area (Å²) in [5.74, 6) is 0.866. The third kappa shape index (κ3) is 5.43. The average Bonchev–Trinajstić information content (AvgIpc) is 3.88. The zero-order chi connectivity index (χ0) is 38.9. The molecule has 3 heterocycles. The maximum Gasteiger partial charge on any atom is 0.147 e. The zero-order valence-corrected chi connectivity index (χ0v) is 32.6.